The molecule has 2 amide bonds. The summed E-state index contributed by atoms with van der Waals surface area (Å²) < 4.78 is 39.2. The number of rotatable bonds is 22. The van der Waals surface area contributed by atoms with Crippen LogP contribution in [0, 0.1) is 0 Å². The Labute approximate surface area is 395 Å². The van der Waals surface area contributed by atoms with E-state index in [0.29, 0.717) is 63.6 Å². The van der Waals surface area contributed by atoms with Crippen molar-refractivity contribution >= 4 is 59.9 Å². The van der Waals surface area contributed by atoms with E-state index in [-0.39, 0.29) is 23.2 Å². The van der Waals surface area contributed by atoms with Crippen LogP contribution in [0.5, 0.6) is 28.7 Å². The lowest BCUT2D eigenvalue weighted by molar-refractivity contribution is -0.110. The predicted octanol–water partition coefficient (Wildman–Crippen LogP) is 9.03. The van der Waals surface area contributed by atoms with Crippen molar-refractivity contribution in [2.45, 2.75) is 83.0 Å². The van der Waals surface area contributed by atoms with Gasteiger partial charge in [0.25, 0.3) is 0 Å². The van der Waals surface area contributed by atoms with Crippen molar-refractivity contribution in [3.63, 3.8) is 0 Å². The van der Waals surface area contributed by atoms with Gasteiger partial charge in [0, 0.05) is 68.3 Å². The zero-order valence-corrected chi connectivity index (χ0v) is 40.1. The molecule has 4 aromatic rings. The van der Waals surface area contributed by atoms with Gasteiger partial charge in [-0.05, 0) is 130 Å². The number of nitrogens with one attached hydrogen (secondary N) is 2. The Bertz CT molecular complexity index is 2330. The third kappa shape index (κ3) is 16.4. The van der Waals surface area contributed by atoms with Crippen molar-refractivity contribution in [2.24, 2.45) is 15.7 Å². The summed E-state index contributed by atoms with van der Waals surface area (Å²) in [7, 11) is 6.57. The largest absolute Gasteiger partial charge is 0.497 e. The number of nitrogens with two attached hydrogens (primary N) is 1. The van der Waals surface area contributed by atoms with Gasteiger partial charge in [0.1, 0.15) is 17.2 Å². The summed E-state index contributed by atoms with van der Waals surface area (Å²) in [6.07, 6.45) is 12.7. The van der Waals surface area contributed by atoms with Crippen LogP contribution in [-0.4, -0.2) is 103 Å². The summed E-state index contributed by atoms with van der Waals surface area (Å²) >= 11 is 0. The van der Waals surface area contributed by atoms with Crippen molar-refractivity contribution in [2.75, 3.05) is 54.9 Å². The van der Waals surface area contributed by atoms with Gasteiger partial charge in [-0.1, -0.05) is 24.3 Å². The van der Waals surface area contributed by atoms with Crippen LogP contribution in [0.2, 0.25) is 0 Å². The maximum atomic E-state index is 11.1. The van der Waals surface area contributed by atoms with E-state index in [1.54, 1.807) is 40.9 Å². The van der Waals surface area contributed by atoms with Crippen molar-refractivity contribution in [3.05, 3.63) is 101 Å². The molecular weight excluding hydrogens is 851 g/mol. The molecule has 358 valence electrons. The highest BCUT2D eigenvalue weighted by Crippen LogP contribution is 2.39. The van der Waals surface area contributed by atoms with Crippen LogP contribution in [0.25, 0.3) is 23.3 Å². The quantitative estimate of drug-likeness (QED) is 0.0510. The van der Waals surface area contributed by atoms with Crippen LogP contribution in [0.1, 0.15) is 82.1 Å². The second-order valence-corrected chi connectivity index (χ2v) is 17.5. The Morgan fingerprint density at radius 3 is 1.73 bits per heavy atom. The molecule has 0 bridgehead atoms. The summed E-state index contributed by atoms with van der Waals surface area (Å²) in [6, 6.07) is 25.0. The molecule has 0 saturated heterocycles. The molecular formula is C53H67N5O9. The normalized spacial score (nSPS) is 17.1. The van der Waals surface area contributed by atoms with E-state index in [9.17, 15) is 9.59 Å². The van der Waals surface area contributed by atoms with Gasteiger partial charge in [0.2, 0.25) is 12.8 Å². The summed E-state index contributed by atoms with van der Waals surface area (Å²) in [5, 5.41) is 5.67. The first-order valence-electron chi connectivity index (χ1n) is 22.5. The van der Waals surface area contributed by atoms with Gasteiger partial charge in [-0.3, -0.25) is 19.6 Å². The number of hydrogen-bond acceptors (Lipinski definition) is 12. The number of benzene rings is 4. The molecule has 0 saturated carbocycles. The molecule has 0 spiro atoms. The zero-order valence-electron chi connectivity index (χ0n) is 40.1. The molecule has 4 aromatic carbocycles. The Morgan fingerprint density at radius 1 is 0.612 bits per heavy atom. The monoisotopic (exact) mass is 917 g/mol. The lowest BCUT2D eigenvalue weighted by Gasteiger charge is -2.27. The first kappa shape index (κ1) is 51.5. The molecule has 0 aliphatic carbocycles. The minimum atomic E-state index is -0.286. The molecule has 0 aromatic heterocycles. The van der Waals surface area contributed by atoms with Crippen molar-refractivity contribution in [1.82, 2.24) is 10.6 Å². The third-order valence-electron chi connectivity index (χ3n) is 11.1. The Hall–Kier alpha value is -6.48. The minimum Gasteiger partial charge on any atom is -0.497 e. The number of aliphatic imine (C=N–C) groups is 2. The van der Waals surface area contributed by atoms with E-state index < -0.39 is 0 Å². The van der Waals surface area contributed by atoms with Gasteiger partial charge in [-0.15, -0.1) is 0 Å². The van der Waals surface area contributed by atoms with E-state index in [1.165, 1.54) is 0 Å². The maximum Gasteiger partial charge on any atom is 0.207 e. The van der Waals surface area contributed by atoms with Crippen LogP contribution < -0.4 is 40.1 Å². The Balaban J connectivity index is 0.000000254. The van der Waals surface area contributed by atoms with Crippen LogP contribution in [-0.2, 0) is 19.1 Å². The van der Waals surface area contributed by atoms with Gasteiger partial charge in [0.15, 0.2) is 11.5 Å². The van der Waals surface area contributed by atoms with Crippen LogP contribution in [0.3, 0.4) is 0 Å². The summed E-state index contributed by atoms with van der Waals surface area (Å²) in [5.74, 6) is 3.62. The van der Waals surface area contributed by atoms with Gasteiger partial charge in [-0.2, -0.15) is 0 Å². The van der Waals surface area contributed by atoms with Crippen molar-refractivity contribution in [1.29, 1.82) is 0 Å². The molecule has 4 N–H and O–H groups in total. The molecule has 14 heteroatoms. The zero-order chi connectivity index (χ0) is 48.2. The average molecular weight is 918 g/mol. The van der Waals surface area contributed by atoms with E-state index in [1.807, 2.05) is 92.7 Å². The topological polar surface area (TPSA) is 174 Å². The molecule has 0 radical (unpaired) electrons. The second kappa shape index (κ2) is 25.4. The Kier molecular flexibility index (Phi) is 19.6. The standard InChI is InChI=1S/C29H39N3O4.C24H28N2O5/c1-28(2,30)12-15-36-29(3,4)13-14-35-25-8-6-21(7-9-25)22-16-23-18-26(34-5)10-11-27(23)31-19-24(17-22)32-20-33;1-28-9-4-10-31-24-14-22-19(13-23(24)30-3)11-18(12-20(15-25-22)26-16-27)17-5-7-21(29-2)8-6-17/h6-11,16,18-20,24H,12-15,17,30H2,1-5H3,(H,32,33);5-8,11,13-16,20H,4,9-10,12H2,1-3H3,(H,26,27)/b22-16+,31-19?;18-11+,25-15?. The fourth-order valence-electron chi connectivity index (χ4n) is 7.18. The number of nitrogens with zero attached hydrogens (tertiary/aromatic N) is 2. The first-order chi connectivity index (χ1) is 32.3. The number of methoxy groups -OCH3 is 4. The van der Waals surface area contributed by atoms with Crippen molar-refractivity contribution in [3.8, 4) is 28.7 Å². The number of ether oxygens (including phenoxy) is 7. The van der Waals surface area contributed by atoms with Gasteiger partial charge >= 0.3 is 0 Å². The van der Waals surface area contributed by atoms with Crippen molar-refractivity contribution < 1.29 is 42.7 Å². The van der Waals surface area contributed by atoms with E-state index in [2.05, 4.69) is 46.6 Å². The number of carbonyl (C=O) groups is 2. The lowest BCUT2D eigenvalue weighted by atomic mass is 9.94. The highest BCUT2D eigenvalue weighted by Gasteiger charge is 2.21. The smallest absolute Gasteiger partial charge is 0.207 e. The van der Waals surface area contributed by atoms with E-state index >= 15 is 0 Å². The molecule has 14 nitrogen and oxygen atoms in total. The highest BCUT2D eigenvalue weighted by atomic mass is 16.5. The molecule has 2 aliphatic rings. The summed E-state index contributed by atoms with van der Waals surface area (Å²) in [5.41, 5.74) is 13.2. The van der Waals surface area contributed by atoms with Gasteiger partial charge in [0.05, 0.1) is 63.6 Å². The SMILES string of the molecule is COCCCOc1cc2c(cc1OC)/C=C(/c1ccc(OC)cc1)CC(NC=O)C=N2.COc1ccc2c(c1)/C=C(/c1ccc(OCCC(C)(C)OCCC(C)(C)N)cc1)CC(NC=O)C=N2. The van der Waals surface area contributed by atoms with Gasteiger partial charge < -0.3 is 49.5 Å². The van der Waals surface area contributed by atoms with E-state index in [4.69, 9.17) is 38.9 Å². The number of amides is 2. The molecule has 67 heavy (non-hydrogen) atoms. The average Bonchev–Trinajstić information content (AvgIpc) is 3.30. The maximum absolute atomic E-state index is 11.1. The van der Waals surface area contributed by atoms with Gasteiger partial charge in [-0.25, -0.2) is 0 Å². The predicted molar refractivity (Wildman–Crippen MR) is 268 cm³/mol. The van der Waals surface area contributed by atoms with Crippen LogP contribution in [0.4, 0.5) is 11.4 Å². The fraction of sp³-hybridized carbons (Fsp3) is 0.396. The molecule has 2 heterocycles. The molecule has 2 aliphatic heterocycles. The number of carbonyl (C=O) groups excluding carboxylic acids is 2. The van der Waals surface area contributed by atoms with Crippen LogP contribution >= 0.6 is 0 Å². The third-order valence-corrected chi connectivity index (χ3v) is 11.1. The minimum absolute atomic E-state index is 0.202. The second-order valence-electron chi connectivity index (χ2n) is 17.5. The highest BCUT2D eigenvalue weighted by molar-refractivity contribution is 5.92. The fourth-order valence-corrected chi connectivity index (χ4v) is 7.18. The molecule has 2 unspecified atom stereocenters. The van der Waals surface area contributed by atoms with E-state index in [0.717, 1.165) is 81.3 Å². The molecule has 0 fully saturated rings. The molecule has 6 rings (SSSR count). The first-order valence-corrected chi connectivity index (χ1v) is 22.5. The molecule has 2 atom stereocenters. The summed E-state index contributed by atoms with van der Waals surface area (Å²) in [4.78, 5) is 31.4. The number of fused-ring (bicyclic) bond motifs is 2. The van der Waals surface area contributed by atoms with Crippen LogP contribution in [0.15, 0.2) is 88.8 Å². The summed E-state index contributed by atoms with van der Waals surface area (Å²) in [6.45, 7) is 10.5. The lowest BCUT2D eigenvalue weighted by Crippen LogP contribution is -2.35. The number of hydrogen-bond donors (Lipinski definition) is 3. The Morgan fingerprint density at radius 2 is 1.18 bits per heavy atom.